The van der Waals surface area contributed by atoms with Gasteiger partial charge < -0.3 is 25.1 Å². The van der Waals surface area contributed by atoms with Crippen LogP contribution in [0.4, 0.5) is 5.69 Å². The standard InChI is InChI=1S/C20H29N5OS/c1-21-20(22-15-17(23(2)3)19-9-6-14-27-19)25-12-10-24(11-13-25)16-7-4-5-8-18(16)26/h4-9,14,17,26H,10-13,15H2,1-3H3,(H,21,22). The maximum atomic E-state index is 10.1. The second kappa shape index (κ2) is 9.10. The van der Waals surface area contributed by atoms with E-state index in [4.69, 9.17) is 0 Å². The van der Waals surface area contributed by atoms with Crippen molar-refractivity contribution in [2.24, 2.45) is 4.99 Å². The van der Waals surface area contributed by atoms with Crippen molar-refractivity contribution in [3.8, 4) is 5.75 Å². The molecule has 2 heterocycles. The van der Waals surface area contributed by atoms with Crippen LogP contribution in [0.3, 0.4) is 0 Å². The van der Waals surface area contributed by atoms with Gasteiger partial charge in [-0.15, -0.1) is 11.3 Å². The molecular formula is C20H29N5OS. The molecule has 3 rings (SSSR count). The van der Waals surface area contributed by atoms with Crippen LogP contribution < -0.4 is 10.2 Å². The van der Waals surface area contributed by atoms with Crippen molar-refractivity contribution in [2.45, 2.75) is 6.04 Å². The van der Waals surface area contributed by atoms with E-state index in [1.807, 2.05) is 25.2 Å². The number of likely N-dealkylation sites (N-methyl/N-ethyl adjacent to an activating group) is 1. The molecule has 146 valence electrons. The summed E-state index contributed by atoms with van der Waals surface area (Å²) in [5.74, 6) is 1.29. The normalized spacial score (nSPS) is 16.7. The molecule has 0 aliphatic carbocycles. The fourth-order valence-corrected chi connectivity index (χ4v) is 4.35. The van der Waals surface area contributed by atoms with Crippen molar-refractivity contribution in [3.63, 3.8) is 0 Å². The van der Waals surface area contributed by atoms with E-state index in [0.29, 0.717) is 11.8 Å². The minimum atomic E-state index is 0.323. The van der Waals surface area contributed by atoms with Crippen LogP contribution in [0.15, 0.2) is 46.8 Å². The monoisotopic (exact) mass is 387 g/mol. The highest BCUT2D eigenvalue weighted by molar-refractivity contribution is 7.10. The maximum Gasteiger partial charge on any atom is 0.193 e. The van der Waals surface area contributed by atoms with Gasteiger partial charge in [0.15, 0.2) is 5.96 Å². The third kappa shape index (κ3) is 4.73. The average Bonchev–Trinajstić information content (AvgIpc) is 3.20. The molecule has 6 nitrogen and oxygen atoms in total. The molecule has 0 saturated carbocycles. The van der Waals surface area contributed by atoms with Crippen molar-refractivity contribution in [2.75, 3.05) is 58.8 Å². The number of aromatic hydroxyl groups is 1. The molecular weight excluding hydrogens is 358 g/mol. The van der Waals surface area contributed by atoms with Crippen LogP contribution in [0.1, 0.15) is 10.9 Å². The van der Waals surface area contributed by atoms with E-state index in [-0.39, 0.29) is 0 Å². The number of thiophene rings is 1. The lowest BCUT2D eigenvalue weighted by molar-refractivity contribution is 0.296. The average molecular weight is 388 g/mol. The summed E-state index contributed by atoms with van der Waals surface area (Å²) in [4.78, 5) is 12.6. The van der Waals surface area contributed by atoms with Crippen LogP contribution >= 0.6 is 11.3 Å². The van der Waals surface area contributed by atoms with Crippen LogP contribution in [0, 0.1) is 0 Å². The van der Waals surface area contributed by atoms with Crippen LogP contribution in [0.25, 0.3) is 0 Å². The third-order valence-corrected chi connectivity index (χ3v) is 5.94. The minimum Gasteiger partial charge on any atom is -0.506 e. The SMILES string of the molecule is CN=C(NCC(c1cccs1)N(C)C)N1CCN(c2ccccc2O)CC1. The number of phenols is 1. The number of nitrogens with zero attached hydrogens (tertiary/aromatic N) is 4. The van der Waals surface area contributed by atoms with Crippen molar-refractivity contribution >= 4 is 23.0 Å². The van der Waals surface area contributed by atoms with E-state index in [0.717, 1.165) is 44.4 Å². The lowest BCUT2D eigenvalue weighted by atomic mass is 10.2. The van der Waals surface area contributed by atoms with Crippen LogP contribution in [0.5, 0.6) is 5.75 Å². The van der Waals surface area contributed by atoms with Crippen molar-refractivity contribution < 1.29 is 5.11 Å². The largest absolute Gasteiger partial charge is 0.506 e. The summed E-state index contributed by atoms with van der Waals surface area (Å²) in [6, 6.07) is 12.1. The second-order valence-electron chi connectivity index (χ2n) is 6.89. The van der Waals surface area contributed by atoms with Gasteiger partial charge in [-0.2, -0.15) is 0 Å². The zero-order valence-corrected chi connectivity index (χ0v) is 17.1. The molecule has 2 N–H and O–H groups in total. The summed E-state index contributed by atoms with van der Waals surface area (Å²) in [5, 5.41) is 15.7. The summed E-state index contributed by atoms with van der Waals surface area (Å²) < 4.78 is 0. The second-order valence-corrected chi connectivity index (χ2v) is 7.87. The first-order chi connectivity index (χ1) is 13.1. The molecule has 2 aromatic rings. The number of guanidine groups is 1. The molecule has 7 heteroatoms. The van der Waals surface area contributed by atoms with Crippen LogP contribution in [-0.2, 0) is 0 Å². The molecule has 0 bridgehead atoms. The lowest BCUT2D eigenvalue weighted by Gasteiger charge is -2.38. The van der Waals surface area contributed by atoms with Gasteiger partial charge in [0.05, 0.1) is 11.7 Å². The first kappa shape index (κ1) is 19.5. The predicted molar refractivity (Wildman–Crippen MR) is 114 cm³/mol. The van der Waals surface area contributed by atoms with E-state index in [2.05, 4.69) is 56.6 Å². The Hall–Kier alpha value is -2.25. The zero-order valence-electron chi connectivity index (χ0n) is 16.3. The molecule has 0 amide bonds. The summed E-state index contributed by atoms with van der Waals surface area (Å²) in [6.07, 6.45) is 0. The highest BCUT2D eigenvalue weighted by Gasteiger charge is 2.22. The number of aliphatic imine (C=N–C) groups is 1. The van der Waals surface area contributed by atoms with Crippen LogP contribution in [0.2, 0.25) is 0 Å². The third-order valence-electron chi connectivity index (χ3n) is 4.96. The number of rotatable bonds is 5. The van der Waals surface area contributed by atoms with Gasteiger partial charge >= 0.3 is 0 Å². The Bertz CT molecular complexity index is 739. The Labute approximate surface area is 165 Å². The minimum absolute atomic E-state index is 0.323. The van der Waals surface area contributed by atoms with E-state index >= 15 is 0 Å². The molecule has 0 radical (unpaired) electrons. The first-order valence-corrected chi connectivity index (χ1v) is 10.2. The van der Waals surface area contributed by atoms with E-state index in [1.54, 1.807) is 17.4 Å². The number of hydrogen-bond donors (Lipinski definition) is 2. The molecule has 1 atom stereocenters. The number of benzene rings is 1. The Morgan fingerprint density at radius 2 is 1.93 bits per heavy atom. The molecule has 1 fully saturated rings. The van der Waals surface area contributed by atoms with Gasteiger partial charge in [0, 0.05) is 44.6 Å². The van der Waals surface area contributed by atoms with Crippen LogP contribution in [-0.4, -0.2) is 74.7 Å². The van der Waals surface area contributed by atoms with Crippen molar-refractivity contribution in [1.29, 1.82) is 0 Å². The van der Waals surface area contributed by atoms with Gasteiger partial charge in [-0.25, -0.2) is 0 Å². The Morgan fingerprint density at radius 3 is 2.52 bits per heavy atom. The summed E-state index contributed by atoms with van der Waals surface area (Å²) in [6.45, 7) is 4.29. The maximum absolute atomic E-state index is 10.1. The first-order valence-electron chi connectivity index (χ1n) is 9.28. The number of phenolic OH excluding ortho intramolecular Hbond substituents is 1. The van der Waals surface area contributed by atoms with Crippen molar-refractivity contribution in [1.82, 2.24) is 15.1 Å². The molecule has 27 heavy (non-hydrogen) atoms. The summed E-state index contributed by atoms with van der Waals surface area (Å²) in [7, 11) is 6.06. The van der Waals surface area contributed by atoms with Gasteiger partial charge in [-0.05, 0) is 37.7 Å². The number of piperazine rings is 1. The van der Waals surface area contributed by atoms with E-state index < -0.39 is 0 Å². The molecule has 0 spiro atoms. The number of para-hydroxylation sites is 2. The number of anilines is 1. The predicted octanol–water partition coefficient (Wildman–Crippen LogP) is 2.45. The lowest BCUT2D eigenvalue weighted by Crippen LogP contribution is -2.53. The highest BCUT2D eigenvalue weighted by atomic mass is 32.1. The van der Waals surface area contributed by atoms with E-state index in [9.17, 15) is 5.11 Å². The highest BCUT2D eigenvalue weighted by Crippen LogP contribution is 2.27. The topological polar surface area (TPSA) is 54.3 Å². The smallest absolute Gasteiger partial charge is 0.193 e. The Morgan fingerprint density at radius 1 is 1.19 bits per heavy atom. The Kier molecular flexibility index (Phi) is 6.58. The molecule has 1 aromatic carbocycles. The number of hydrogen-bond acceptors (Lipinski definition) is 5. The molecule has 1 aromatic heterocycles. The molecule has 1 unspecified atom stereocenters. The fourth-order valence-electron chi connectivity index (χ4n) is 3.43. The molecule has 1 aliphatic rings. The summed E-state index contributed by atoms with van der Waals surface area (Å²) >= 11 is 1.79. The van der Waals surface area contributed by atoms with Gasteiger partial charge in [0.2, 0.25) is 0 Å². The summed E-state index contributed by atoms with van der Waals surface area (Å²) in [5.41, 5.74) is 0.908. The van der Waals surface area contributed by atoms with Gasteiger partial charge in [-0.3, -0.25) is 4.99 Å². The van der Waals surface area contributed by atoms with Gasteiger partial charge in [0.1, 0.15) is 5.75 Å². The zero-order chi connectivity index (χ0) is 19.2. The van der Waals surface area contributed by atoms with Gasteiger partial charge in [0.25, 0.3) is 0 Å². The molecule has 1 aliphatic heterocycles. The number of nitrogens with one attached hydrogen (secondary N) is 1. The Balaban J connectivity index is 1.57. The van der Waals surface area contributed by atoms with Gasteiger partial charge in [-0.1, -0.05) is 18.2 Å². The van der Waals surface area contributed by atoms with E-state index in [1.165, 1.54) is 4.88 Å². The molecule has 1 saturated heterocycles. The van der Waals surface area contributed by atoms with Crippen molar-refractivity contribution in [3.05, 3.63) is 46.7 Å². The fraction of sp³-hybridized carbons (Fsp3) is 0.450. The quantitative estimate of drug-likeness (QED) is 0.610.